The minimum absolute atomic E-state index is 0.324. The molecule has 0 spiro atoms. The third-order valence-electron chi connectivity index (χ3n) is 3.47. The third kappa shape index (κ3) is 4.12. The molecule has 0 aliphatic rings. The van der Waals surface area contributed by atoms with Gasteiger partial charge < -0.3 is 15.7 Å². The Balaban J connectivity index is 1.64. The molecule has 0 aliphatic carbocycles. The van der Waals surface area contributed by atoms with Crippen LogP contribution >= 0.6 is 23.1 Å². The van der Waals surface area contributed by atoms with Gasteiger partial charge in [-0.05, 0) is 29.8 Å². The molecule has 0 radical (unpaired) electrons. The van der Waals surface area contributed by atoms with Crippen molar-refractivity contribution in [2.45, 2.75) is 17.3 Å². The molecular formula is C16H16N4O3S2. The molecule has 3 N–H and O–H groups in total. The lowest BCUT2D eigenvalue weighted by Gasteiger charge is -2.04. The largest absolute Gasteiger partial charge is 0.497 e. The normalized spacial score (nSPS) is 10.8. The van der Waals surface area contributed by atoms with Crippen LogP contribution in [0.15, 0.2) is 41.6 Å². The van der Waals surface area contributed by atoms with Crippen molar-refractivity contribution >= 4 is 29.1 Å². The van der Waals surface area contributed by atoms with Crippen LogP contribution in [0.5, 0.6) is 5.75 Å². The zero-order valence-corrected chi connectivity index (χ0v) is 15.0. The molecule has 0 saturated heterocycles. The fourth-order valence-electron chi connectivity index (χ4n) is 2.16. The van der Waals surface area contributed by atoms with E-state index in [4.69, 9.17) is 15.7 Å². The summed E-state index contributed by atoms with van der Waals surface area (Å²) in [6.07, 6.45) is 0.566. The second-order valence-corrected chi connectivity index (χ2v) is 7.26. The number of aromatic carboxylic acids is 1. The van der Waals surface area contributed by atoms with E-state index in [9.17, 15) is 4.79 Å². The number of nitrogens with zero attached hydrogens (tertiary/aromatic N) is 3. The summed E-state index contributed by atoms with van der Waals surface area (Å²) in [6.45, 7) is 0. The minimum atomic E-state index is -0.912. The van der Waals surface area contributed by atoms with Crippen molar-refractivity contribution in [1.82, 2.24) is 14.9 Å². The second kappa shape index (κ2) is 7.58. The summed E-state index contributed by atoms with van der Waals surface area (Å²) in [5, 5.41) is 17.8. The Labute approximate surface area is 152 Å². The fourth-order valence-corrected chi connectivity index (χ4v) is 3.92. The first-order valence-corrected chi connectivity index (χ1v) is 9.14. The van der Waals surface area contributed by atoms with Crippen molar-refractivity contribution in [3.63, 3.8) is 0 Å². The van der Waals surface area contributed by atoms with Gasteiger partial charge in [0.15, 0.2) is 5.82 Å². The molecule has 0 fully saturated rings. The molecular weight excluding hydrogens is 360 g/mol. The molecule has 9 heteroatoms. The van der Waals surface area contributed by atoms with Crippen LogP contribution in [0.3, 0.4) is 0 Å². The van der Waals surface area contributed by atoms with Crippen LogP contribution in [0.4, 0.5) is 0 Å². The number of carboxylic acid groups (broad SMARTS) is 1. The number of nitrogen functional groups attached to an aromatic ring is 1. The molecule has 1 aromatic carbocycles. The summed E-state index contributed by atoms with van der Waals surface area (Å²) in [7, 11) is 1.63. The smallest absolute Gasteiger partial charge is 0.345 e. The van der Waals surface area contributed by atoms with E-state index in [1.807, 2.05) is 24.3 Å². The maximum atomic E-state index is 10.9. The van der Waals surface area contributed by atoms with Crippen molar-refractivity contribution in [2.24, 2.45) is 0 Å². The SMILES string of the molecule is COc1ccc(Cc2nnc(SCc3ccc(C(=O)O)s3)n2N)cc1. The summed E-state index contributed by atoms with van der Waals surface area (Å²) in [4.78, 5) is 12.2. The van der Waals surface area contributed by atoms with Crippen molar-refractivity contribution < 1.29 is 14.6 Å². The van der Waals surface area contributed by atoms with Gasteiger partial charge in [0, 0.05) is 17.1 Å². The lowest BCUT2D eigenvalue weighted by Crippen LogP contribution is -2.14. The average Bonchev–Trinajstić information content (AvgIpc) is 3.22. The van der Waals surface area contributed by atoms with Crippen LogP contribution in [-0.4, -0.2) is 33.1 Å². The molecule has 2 heterocycles. The molecule has 0 amide bonds. The van der Waals surface area contributed by atoms with Gasteiger partial charge in [-0.15, -0.1) is 21.5 Å². The van der Waals surface area contributed by atoms with Gasteiger partial charge in [-0.25, -0.2) is 9.47 Å². The molecule has 0 saturated carbocycles. The number of hydrogen-bond donors (Lipinski definition) is 2. The Kier molecular flexibility index (Phi) is 5.25. The van der Waals surface area contributed by atoms with Crippen LogP contribution < -0.4 is 10.6 Å². The first-order chi connectivity index (χ1) is 12.1. The van der Waals surface area contributed by atoms with Crippen LogP contribution in [0, 0.1) is 0 Å². The summed E-state index contributed by atoms with van der Waals surface area (Å²) in [5.74, 6) is 7.22. The number of methoxy groups -OCH3 is 1. The van der Waals surface area contributed by atoms with E-state index in [1.54, 1.807) is 19.2 Å². The van der Waals surface area contributed by atoms with E-state index < -0.39 is 5.97 Å². The summed E-state index contributed by atoms with van der Waals surface area (Å²) < 4.78 is 6.61. The van der Waals surface area contributed by atoms with Crippen LogP contribution in [0.25, 0.3) is 0 Å². The molecule has 3 rings (SSSR count). The predicted octanol–water partition coefficient (Wildman–Crippen LogP) is 2.64. The number of ether oxygens (including phenoxy) is 1. The summed E-state index contributed by atoms with van der Waals surface area (Å²) >= 11 is 2.67. The zero-order chi connectivity index (χ0) is 17.8. The summed E-state index contributed by atoms with van der Waals surface area (Å²) in [6, 6.07) is 11.1. The van der Waals surface area contributed by atoms with E-state index >= 15 is 0 Å². The quantitative estimate of drug-likeness (QED) is 0.482. The van der Waals surface area contributed by atoms with Crippen LogP contribution in [0.1, 0.15) is 25.9 Å². The second-order valence-electron chi connectivity index (χ2n) is 5.15. The van der Waals surface area contributed by atoms with E-state index in [1.165, 1.54) is 27.8 Å². The van der Waals surface area contributed by atoms with Crippen LogP contribution in [0.2, 0.25) is 0 Å². The van der Waals surface area contributed by atoms with Crippen LogP contribution in [-0.2, 0) is 12.2 Å². The molecule has 0 unspecified atom stereocenters. The van der Waals surface area contributed by atoms with Gasteiger partial charge in [-0.3, -0.25) is 0 Å². The maximum Gasteiger partial charge on any atom is 0.345 e. The summed E-state index contributed by atoms with van der Waals surface area (Å²) in [5.41, 5.74) is 1.06. The van der Waals surface area contributed by atoms with Gasteiger partial charge >= 0.3 is 5.97 Å². The first kappa shape index (κ1) is 17.3. The van der Waals surface area contributed by atoms with Crippen molar-refractivity contribution in [3.05, 3.63) is 57.5 Å². The average molecular weight is 376 g/mol. The van der Waals surface area contributed by atoms with E-state index in [0.717, 1.165) is 16.2 Å². The number of benzene rings is 1. The molecule has 25 heavy (non-hydrogen) atoms. The molecule has 0 aliphatic heterocycles. The van der Waals surface area contributed by atoms with Crippen molar-refractivity contribution in [3.8, 4) is 5.75 Å². The Hall–Kier alpha value is -2.52. The third-order valence-corrected chi connectivity index (χ3v) is 5.72. The van der Waals surface area contributed by atoms with Crippen molar-refractivity contribution in [2.75, 3.05) is 13.0 Å². The molecule has 7 nitrogen and oxygen atoms in total. The lowest BCUT2D eigenvalue weighted by molar-refractivity contribution is 0.0702. The number of carboxylic acids is 1. The van der Waals surface area contributed by atoms with Gasteiger partial charge in [-0.2, -0.15) is 0 Å². The molecule has 0 atom stereocenters. The number of thiophene rings is 1. The maximum absolute atomic E-state index is 10.9. The Morgan fingerprint density at radius 2 is 2.04 bits per heavy atom. The van der Waals surface area contributed by atoms with Crippen molar-refractivity contribution in [1.29, 1.82) is 0 Å². The van der Waals surface area contributed by atoms with Gasteiger partial charge in [0.25, 0.3) is 0 Å². The van der Waals surface area contributed by atoms with Gasteiger partial charge in [0.05, 0.1) is 7.11 Å². The number of thioether (sulfide) groups is 1. The number of hydrogen-bond acceptors (Lipinski definition) is 7. The highest BCUT2D eigenvalue weighted by Gasteiger charge is 2.13. The molecule has 0 bridgehead atoms. The number of aromatic nitrogens is 3. The van der Waals surface area contributed by atoms with Gasteiger partial charge in [-0.1, -0.05) is 23.9 Å². The first-order valence-electron chi connectivity index (χ1n) is 7.34. The Morgan fingerprint density at radius 3 is 2.68 bits per heavy atom. The molecule has 2 aromatic heterocycles. The Morgan fingerprint density at radius 1 is 1.28 bits per heavy atom. The zero-order valence-electron chi connectivity index (χ0n) is 13.4. The number of carbonyl (C=O) groups is 1. The topological polar surface area (TPSA) is 103 Å². The monoisotopic (exact) mass is 376 g/mol. The highest BCUT2D eigenvalue weighted by molar-refractivity contribution is 7.98. The highest BCUT2D eigenvalue weighted by Crippen LogP contribution is 2.26. The van der Waals surface area contributed by atoms with E-state index in [0.29, 0.717) is 28.0 Å². The minimum Gasteiger partial charge on any atom is -0.497 e. The standard InChI is InChI=1S/C16H16N4O3S2/c1-23-11-4-2-10(3-5-11)8-14-18-19-16(20(14)17)24-9-12-6-7-13(25-12)15(21)22/h2-7H,8-9,17H2,1H3,(H,21,22). The molecule has 130 valence electrons. The van der Waals surface area contributed by atoms with Gasteiger partial charge in [0.2, 0.25) is 5.16 Å². The van der Waals surface area contributed by atoms with Gasteiger partial charge in [0.1, 0.15) is 10.6 Å². The molecule has 3 aromatic rings. The van der Waals surface area contributed by atoms with E-state index in [-0.39, 0.29) is 0 Å². The van der Waals surface area contributed by atoms with E-state index in [2.05, 4.69) is 10.2 Å². The predicted molar refractivity (Wildman–Crippen MR) is 96.8 cm³/mol. The fraction of sp³-hybridized carbons (Fsp3) is 0.188. The number of nitrogens with two attached hydrogens (primary N) is 1. The Bertz CT molecular complexity index is 874. The number of rotatable bonds is 7. The lowest BCUT2D eigenvalue weighted by atomic mass is 10.1. The highest BCUT2D eigenvalue weighted by atomic mass is 32.2.